The second kappa shape index (κ2) is 5.39. The first kappa shape index (κ1) is 14.2. The van der Waals surface area contributed by atoms with E-state index in [0.717, 1.165) is 0 Å². The van der Waals surface area contributed by atoms with Gasteiger partial charge in [-0.05, 0) is 48.4 Å². The molecule has 0 radical (unpaired) electrons. The van der Waals surface area contributed by atoms with Crippen LogP contribution in [0.1, 0.15) is 18.1 Å². The average molecular weight is 327 g/mol. The normalized spacial score (nSPS) is 14.2. The molecule has 1 nitrogen and oxygen atoms in total. The summed E-state index contributed by atoms with van der Waals surface area (Å²) in [5, 5.41) is 10.5. The van der Waals surface area contributed by atoms with E-state index in [1.807, 2.05) is 0 Å². The molecule has 1 unspecified atom stereocenters. The van der Waals surface area contributed by atoms with Gasteiger partial charge in [-0.2, -0.15) is 0 Å². The summed E-state index contributed by atoms with van der Waals surface area (Å²) in [7, 11) is 0. The highest BCUT2D eigenvalue weighted by Crippen LogP contribution is 2.29. The molecule has 1 N–H and O–H groups in total. The van der Waals surface area contributed by atoms with Crippen molar-refractivity contribution in [1.82, 2.24) is 0 Å². The van der Waals surface area contributed by atoms with Crippen molar-refractivity contribution >= 4 is 15.9 Å². The lowest BCUT2D eigenvalue weighted by molar-refractivity contribution is 0.0570. The molecule has 0 fully saturated rings. The molecule has 19 heavy (non-hydrogen) atoms. The van der Waals surface area contributed by atoms with E-state index in [1.54, 1.807) is 25.1 Å². The fourth-order valence-corrected chi connectivity index (χ4v) is 2.36. The van der Waals surface area contributed by atoms with Gasteiger partial charge in [-0.15, -0.1) is 0 Å². The summed E-state index contributed by atoms with van der Waals surface area (Å²) >= 11 is 3.32. The number of rotatable bonds is 3. The Morgan fingerprint density at radius 2 is 1.79 bits per heavy atom. The van der Waals surface area contributed by atoms with Gasteiger partial charge >= 0.3 is 0 Å². The molecule has 1 atom stereocenters. The molecule has 0 spiro atoms. The molecule has 0 aromatic heterocycles. The molecule has 2 aromatic carbocycles. The first-order valence-corrected chi connectivity index (χ1v) is 6.60. The number of aliphatic hydroxyl groups is 1. The summed E-state index contributed by atoms with van der Waals surface area (Å²) in [5.41, 5.74) is -0.170. The summed E-state index contributed by atoms with van der Waals surface area (Å²) < 4.78 is 27.1. The molecule has 0 aliphatic carbocycles. The molecule has 0 saturated heterocycles. The molecule has 0 amide bonds. The zero-order valence-corrected chi connectivity index (χ0v) is 11.9. The van der Waals surface area contributed by atoms with Crippen molar-refractivity contribution in [3.05, 3.63) is 69.7 Å². The standard InChI is InChI=1S/C15H13BrF2O/c1-15(19,11-3-2-4-12(17)8-11)9-10-7-13(18)5-6-14(10)16/h2-8,19H,9H2,1H3. The molecule has 100 valence electrons. The van der Waals surface area contributed by atoms with E-state index >= 15 is 0 Å². The fraction of sp³-hybridized carbons (Fsp3) is 0.200. The summed E-state index contributed by atoms with van der Waals surface area (Å²) in [6.07, 6.45) is 0.189. The van der Waals surface area contributed by atoms with Crippen LogP contribution < -0.4 is 0 Å². The Morgan fingerprint density at radius 3 is 2.47 bits per heavy atom. The van der Waals surface area contributed by atoms with E-state index in [4.69, 9.17) is 0 Å². The SMILES string of the molecule is CC(O)(Cc1cc(F)ccc1Br)c1cccc(F)c1. The largest absolute Gasteiger partial charge is 0.385 e. The molecular weight excluding hydrogens is 314 g/mol. The lowest BCUT2D eigenvalue weighted by Crippen LogP contribution is -2.24. The zero-order valence-electron chi connectivity index (χ0n) is 10.3. The molecule has 2 rings (SSSR count). The molecule has 2 aromatic rings. The topological polar surface area (TPSA) is 20.2 Å². The van der Waals surface area contributed by atoms with Crippen LogP contribution in [0.25, 0.3) is 0 Å². The minimum atomic E-state index is -1.27. The van der Waals surface area contributed by atoms with Gasteiger partial charge in [0.05, 0.1) is 5.60 Å². The highest BCUT2D eigenvalue weighted by Gasteiger charge is 2.25. The maximum Gasteiger partial charge on any atom is 0.123 e. The summed E-state index contributed by atoms with van der Waals surface area (Å²) in [6.45, 7) is 1.58. The van der Waals surface area contributed by atoms with Gasteiger partial charge in [0.2, 0.25) is 0 Å². The monoisotopic (exact) mass is 326 g/mol. The number of halogens is 3. The van der Waals surface area contributed by atoms with Gasteiger partial charge in [0.25, 0.3) is 0 Å². The Bertz CT molecular complexity index is 596. The number of hydrogen-bond acceptors (Lipinski definition) is 1. The lowest BCUT2D eigenvalue weighted by atomic mass is 9.89. The zero-order chi connectivity index (χ0) is 14.0. The fourth-order valence-electron chi connectivity index (χ4n) is 1.98. The van der Waals surface area contributed by atoms with Crippen LogP contribution in [0.2, 0.25) is 0 Å². The van der Waals surface area contributed by atoms with Crippen molar-refractivity contribution in [2.75, 3.05) is 0 Å². The predicted molar refractivity (Wildman–Crippen MR) is 73.8 cm³/mol. The first-order chi connectivity index (χ1) is 8.88. The van der Waals surface area contributed by atoms with Crippen LogP contribution in [0.15, 0.2) is 46.9 Å². The van der Waals surface area contributed by atoms with Crippen LogP contribution in [0.4, 0.5) is 8.78 Å². The van der Waals surface area contributed by atoms with Gasteiger partial charge in [0.15, 0.2) is 0 Å². The summed E-state index contributed by atoms with van der Waals surface area (Å²) in [4.78, 5) is 0. The highest BCUT2D eigenvalue weighted by atomic mass is 79.9. The maximum absolute atomic E-state index is 13.2. The van der Waals surface area contributed by atoms with E-state index in [-0.39, 0.29) is 12.2 Å². The van der Waals surface area contributed by atoms with Crippen LogP contribution in [-0.4, -0.2) is 5.11 Å². The van der Waals surface area contributed by atoms with E-state index in [2.05, 4.69) is 15.9 Å². The van der Waals surface area contributed by atoms with Gasteiger partial charge in [0.1, 0.15) is 11.6 Å². The Labute approximate surface area is 119 Å². The third kappa shape index (κ3) is 3.39. The number of benzene rings is 2. The van der Waals surface area contributed by atoms with Gasteiger partial charge in [-0.25, -0.2) is 8.78 Å². The molecular formula is C15H13BrF2O. The molecule has 0 aliphatic rings. The highest BCUT2D eigenvalue weighted by molar-refractivity contribution is 9.10. The van der Waals surface area contributed by atoms with E-state index in [9.17, 15) is 13.9 Å². The summed E-state index contributed by atoms with van der Waals surface area (Å²) in [6, 6.07) is 10.1. The minimum absolute atomic E-state index is 0.189. The van der Waals surface area contributed by atoms with Crippen molar-refractivity contribution in [1.29, 1.82) is 0 Å². The van der Waals surface area contributed by atoms with Crippen molar-refractivity contribution in [2.45, 2.75) is 18.9 Å². The van der Waals surface area contributed by atoms with Gasteiger partial charge in [0, 0.05) is 10.9 Å². The van der Waals surface area contributed by atoms with E-state index in [0.29, 0.717) is 15.6 Å². The lowest BCUT2D eigenvalue weighted by Gasteiger charge is -2.24. The second-order valence-corrected chi connectivity index (χ2v) is 5.55. The Balaban J connectivity index is 2.33. The first-order valence-electron chi connectivity index (χ1n) is 5.81. The molecule has 0 saturated carbocycles. The van der Waals surface area contributed by atoms with E-state index in [1.165, 1.54) is 24.3 Å². The second-order valence-electron chi connectivity index (χ2n) is 4.70. The molecule has 0 heterocycles. The van der Waals surface area contributed by atoms with Gasteiger partial charge in [-0.1, -0.05) is 28.1 Å². The predicted octanol–water partition coefficient (Wildman–Crippen LogP) is 4.18. The molecule has 0 bridgehead atoms. The van der Waals surface area contributed by atoms with Crippen LogP contribution >= 0.6 is 15.9 Å². The van der Waals surface area contributed by atoms with Gasteiger partial charge < -0.3 is 5.11 Å². The van der Waals surface area contributed by atoms with Crippen molar-refractivity contribution in [3.63, 3.8) is 0 Å². The van der Waals surface area contributed by atoms with Crippen LogP contribution in [0.5, 0.6) is 0 Å². The van der Waals surface area contributed by atoms with E-state index < -0.39 is 11.4 Å². The van der Waals surface area contributed by atoms with Crippen molar-refractivity contribution < 1.29 is 13.9 Å². The summed E-state index contributed by atoms with van der Waals surface area (Å²) in [5.74, 6) is -0.774. The Morgan fingerprint density at radius 1 is 1.11 bits per heavy atom. The number of hydrogen-bond donors (Lipinski definition) is 1. The Kier molecular flexibility index (Phi) is 4.02. The quantitative estimate of drug-likeness (QED) is 0.897. The minimum Gasteiger partial charge on any atom is -0.385 e. The Hall–Kier alpha value is -1.26. The van der Waals surface area contributed by atoms with Crippen LogP contribution in [0.3, 0.4) is 0 Å². The van der Waals surface area contributed by atoms with Crippen LogP contribution in [0, 0.1) is 11.6 Å². The third-order valence-electron chi connectivity index (χ3n) is 2.99. The average Bonchev–Trinajstić information content (AvgIpc) is 2.33. The molecule has 0 aliphatic heterocycles. The maximum atomic E-state index is 13.2. The third-order valence-corrected chi connectivity index (χ3v) is 3.76. The van der Waals surface area contributed by atoms with Crippen LogP contribution in [-0.2, 0) is 12.0 Å². The van der Waals surface area contributed by atoms with Gasteiger partial charge in [-0.3, -0.25) is 0 Å². The smallest absolute Gasteiger partial charge is 0.123 e. The van der Waals surface area contributed by atoms with Crippen molar-refractivity contribution in [3.8, 4) is 0 Å². The molecule has 4 heteroatoms. The van der Waals surface area contributed by atoms with Crippen molar-refractivity contribution in [2.24, 2.45) is 0 Å².